The zero-order valence-electron chi connectivity index (χ0n) is 9.32. The lowest BCUT2D eigenvalue weighted by Crippen LogP contribution is -2.26. The Morgan fingerprint density at radius 2 is 2.12 bits per heavy atom. The molecule has 1 amide bonds. The predicted octanol–water partition coefficient (Wildman–Crippen LogP) is 2.72. The molecule has 0 aliphatic heterocycles. The summed E-state index contributed by atoms with van der Waals surface area (Å²) in [5.74, 6) is -0.385. The zero-order chi connectivity index (χ0) is 12.3. The minimum absolute atomic E-state index is 0.0260. The summed E-state index contributed by atoms with van der Waals surface area (Å²) >= 11 is 3.35. The summed E-state index contributed by atoms with van der Waals surface area (Å²) in [6.45, 7) is 0. The molecule has 17 heavy (non-hydrogen) atoms. The maximum Gasteiger partial charge on any atom is 0.221 e. The Morgan fingerprint density at radius 1 is 1.47 bits per heavy atom. The lowest BCUT2D eigenvalue weighted by atomic mass is 9.97. The Labute approximate surface area is 109 Å². The van der Waals surface area contributed by atoms with E-state index in [4.69, 9.17) is 5.26 Å². The van der Waals surface area contributed by atoms with Crippen LogP contribution in [-0.4, -0.2) is 11.9 Å². The molecule has 0 heterocycles. The van der Waals surface area contributed by atoms with E-state index in [2.05, 4.69) is 27.3 Å². The van der Waals surface area contributed by atoms with Crippen LogP contribution >= 0.6 is 15.9 Å². The van der Waals surface area contributed by atoms with Crippen LogP contribution in [0.3, 0.4) is 0 Å². The standard InChI is InChI=1S/C13H13BrN2O/c14-11-3-1-9(2-4-11)10(8-15)7-13(17)16-12-5-6-12/h1-4,10,12H,5-7H2,(H,16,17). The summed E-state index contributed by atoms with van der Waals surface area (Å²) in [5, 5.41) is 12.0. The van der Waals surface area contributed by atoms with Crippen molar-refractivity contribution in [1.29, 1.82) is 5.26 Å². The van der Waals surface area contributed by atoms with Crippen molar-refractivity contribution < 1.29 is 4.79 Å². The summed E-state index contributed by atoms with van der Waals surface area (Å²) in [4.78, 5) is 11.6. The van der Waals surface area contributed by atoms with Crippen LogP contribution in [0.2, 0.25) is 0 Å². The Bertz CT molecular complexity index is 445. The molecular formula is C13H13BrN2O. The number of nitrogens with zero attached hydrogens (tertiary/aromatic N) is 1. The Balaban J connectivity index is 1.98. The monoisotopic (exact) mass is 292 g/mol. The first-order chi connectivity index (χ1) is 8.19. The molecule has 88 valence electrons. The number of carbonyl (C=O) groups is 1. The maximum atomic E-state index is 11.6. The summed E-state index contributed by atoms with van der Waals surface area (Å²) in [5.41, 5.74) is 0.890. The fourth-order valence-corrected chi connectivity index (χ4v) is 1.90. The summed E-state index contributed by atoms with van der Waals surface area (Å²) in [6, 6.07) is 10.1. The molecule has 4 heteroatoms. The van der Waals surface area contributed by atoms with Crippen molar-refractivity contribution in [3.63, 3.8) is 0 Å². The third-order valence-corrected chi connectivity index (χ3v) is 3.29. The molecule has 0 bridgehead atoms. The number of nitrogens with one attached hydrogen (secondary N) is 1. The number of hydrogen-bond donors (Lipinski definition) is 1. The molecule has 1 atom stereocenters. The van der Waals surface area contributed by atoms with Crippen LogP contribution < -0.4 is 5.32 Å². The van der Waals surface area contributed by atoms with Gasteiger partial charge >= 0.3 is 0 Å². The highest BCUT2D eigenvalue weighted by Gasteiger charge is 2.24. The first-order valence-corrected chi connectivity index (χ1v) is 6.43. The van der Waals surface area contributed by atoms with Gasteiger partial charge in [-0.05, 0) is 30.5 Å². The lowest BCUT2D eigenvalue weighted by Gasteiger charge is -2.09. The number of carbonyl (C=O) groups excluding carboxylic acids is 1. The summed E-state index contributed by atoms with van der Waals surface area (Å²) < 4.78 is 0.973. The third kappa shape index (κ3) is 3.57. The van der Waals surface area contributed by atoms with Crippen molar-refractivity contribution in [2.75, 3.05) is 0 Å². The van der Waals surface area contributed by atoms with Crippen LogP contribution in [0.25, 0.3) is 0 Å². The minimum atomic E-state index is -0.359. The van der Waals surface area contributed by atoms with Gasteiger partial charge < -0.3 is 5.32 Å². The molecule has 0 radical (unpaired) electrons. The van der Waals surface area contributed by atoms with E-state index in [9.17, 15) is 4.79 Å². The van der Waals surface area contributed by atoms with Gasteiger partial charge in [0.25, 0.3) is 0 Å². The fraction of sp³-hybridized carbons (Fsp3) is 0.385. The molecule has 1 aliphatic carbocycles. The van der Waals surface area contributed by atoms with Gasteiger partial charge in [0.05, 0.1) is 12.0 Å². The van der Waals surface area contributed by atoms with Gasteiger partial charge in [-0.2, -0.15) is 5.26 Å². The molecule has 1 unspecified atom stereocenters. The van der Waals surface area contributed by atoms with Gasteiger partial charge in [0.1, 0.15) is 0 Å². The molecule has 1 aromatic carbocycles. The average molecular weight is 293 g/mol. The highest BCUT2D eigenvalue weighted by Crippen LogP contribution is 2.23. The van der Waals surface area contributed by atoms with E-state index in [1.54, 1.807) is 0 Å². The molecule has 0 spiro atoms. The van der Waals surface area contributed by atoms with Crippen LogP contribution in [0.1, 0.15) is 30.7 Å². The molecule has 1 aromatic rings. The predicted molar refractivity (Wildman–Crippen MR) is 68.3 cm³/mol. The Hall–Kier alpha value is -1.34. The van der Waals surface area contributed by atoms with Crippen LogP contribution in [0.5, 0.6) is 0 Å². The maximum absolute atomic E-state index is 11.6. The smallest absolute Gasteiger partial charge is 0.221 e. The van der Waals surface area contributed by atoms with Crippen molar-refractivity contribution in [2.45, 2.75) is 31.2 Å². The molecule has 1 fully saturated rings. The van der Waals surface area contributed by atoms with Gasteiger partial charge in [-0.15, -0.1) is 0 Å². The quantitative estimate of drug-likeness (QED) is 0.928. The number of halogens is 1. The Kier molecular flexibility index (Phi) is 3.80. The SMILES string of the molecule is N#CC(CC(=O)NC1CC1)c1ccc(Br)cc1. The van der Waals surface area contributed by atoms with E-state index >= 15 is 0 Å². The molecular weight excluding hydrogens is 280 g/mol. The van der Waals surface area contributed by atoms with Crippen molar-refractivity contribution in [3.8, 4) is 6.07 Å². The second-order valence-electron chi connectivity index (χ2n) is 4.28. The second kappa shape index (κ2) is 5.33. The van der Waals surface area contributed by atoms with E-state index in [1.807, 2.05) is 24.3 Å². The number of hydrogen-bond acceptors (Lipinski definition) is 2. The molecule has 0 saturated heterocycles. The van der Waals surface area contributed by atoms with Crippen LogP contribution in [0.4, 0.5) is 0 Å². The van der Waals surface area contributed by atoms with E-state index in [0.29, 0.717) is 6.04 Å². The number of benzene rings is 1. The first-order valence-electron chi connectivity index (χ1n) is 5.63. The lowest BCUT2D eigenvalue weighted by molar-refractivity contribution is -0.121. The highest BCUT2D eigenvalue weighted by molar-refractivity contribution is 9.10. The van der Waals surface area contributed by atoms with Gasteiger partial charge in [-0.1, -0.05) is 28.1 Å². The van der Waals surface area contributed by atoms with Gasteiger partial charge in [0.2, 0.25) is 5.91 Å². The van der Waals surface area contributed by atoms with Gasteiger partial charge in [0, 0.05) is 16.9 Å². The van der Waals surface area contributed by atoms with E-state index < -0.39 is 0 Å². The van der Waals surface area contributed by atoms with E-state index in [0.717, 1.165) is 22.9 Å². The van der Waals surface area contributed by atoms with Gasteiger partial charge in [0.15, 0.2) is 0 Å². The largest absolute Gasteiger partial charge is 0.353 e. The summed E-state index contributed by atoms with van der Waals surface area (Å²) in [7, 11) is 0. The zero-order valence-corrected chi connectivity index (χ0v) is 10.9. The first kappa shape index (κ1) is 12.1. The molecule has 2 rings (SSSR count). The number of amides is 1. The minimum Gasteiger partial charge on any atom is -0.353 e. The number of nitriles is 1. The van der Waals surface area contributed by atoms with Crippen LogP contribution in [0, 0.1) is 11.3 Å². The fourth-order valence-electron chi connectivity index (χ4n) is 1.63. The van der Waals surface area contributed by atoms with Gasteiger partial charge in [-0.25, -0.2) is 0 Å². The average Bonchev–Trinajstić information content (AvgIpc) is 3.11. The van der Waals surface area contributed by atoms with Crippen molar-refractivity contribution >= 4 is 21.8 Å². The highest BCUT2D eigenvalue weighted by atomic mass is 79.9. The van der Waals surface area contributed by atoms with Crippen molar-refractivity contribution in [2.24, 2.45) is 0 Å². The van der Waals surface area contributed by atoms with Crippen molar-refractivity contribution in [3.05, 3.63) is 34.3 Å². The van der Waals surface area contributed by atoms with Gasteiger partial charge in [-0.3, -0.25) is 4.79 Å². The Morgan fingerprint density at radius 3 is 2.65 bits per heavy atom. The third-order valence-electron chi connectivity index (χ3n) is 2.76. The van der Waals surface area contributed by atoms with Crippen LogP contribution in [0.15, 0.2) is 28.7 Å². The molecule has 0 aromatic heterocycles. The summed E-state index contributed by atoms with van der Waals surface area (Å²) in [6.07, 6.45) is 2.39. The second-order valence-corrected chi connectivity index (χ2v) is 5.19. The van der Waals surface area contributed by atoms with E-state index in [1.165, 1.54) is 0 Å². The topological polar surface area (TPSA) is 52.9 Å². The molecule has 1 N–H and O–H groups in total. The number of rotatable bonds is 4. The van der Waals surface area contributed by atoms with E-state index in [-0.39, 0.29) is 18.2 Å². The molecule has 3 nitrogen and oxygen atoms in total. The van der Waals surface area contributed by atoms with Crippen LogP contribution in [-0.2, 0) is 4.79 Å². The molecule has 1 saturated carbocycles. The normalized spacial score (nSPS) is 16.0. The van der Waals surface area contributed by atoms with Crippen molar-refractivity contribution in [1.82, 2.24) is 5.32 Å². The molecule has 1 aliphatic rings.